The van der Waals surface area contributed by atoms with Crippen LogP contribution in [0.25, 0.3) is 0 Å². The van der Waals surface area contributed by atoms with Gasteiger partial charge in [-0.2, -0.15) is 0 Å². The second kappa shape index (κ2) is 9.37. The normalized spacial score (nSPS) is 16.4. The molecule has 6 heteroatoms. The van der Waals surface area contributed by atoms with Crippen LogP contribution in [0.4, 0.5) is 0 Å². The van der Waals surface area contributed by atoms with Crippen molar-refractivity contribution in [1.29, 1.82) is 0 Å². The van der Waals surface area contributed by atoms with Crippen molar-refractivity contribution >= 4 is 17.8 Å². The number of hydrogen-bond acceptors (Lipinski definition) is 3. The van der Waals surface area contributed by atoms with Gasteiger partial charge in [-0.1, -0.05) is 32.6 Å². The topological polar surface area (TPSA) is 95.5 Å². The molecule has 2 amide bonds. The van der Waals surface area contributed by atoms with Crippen molar-refractivity contribution < 1.29 is 19.5 Å². The van der Waals surface area contributed by atoms with Crippen molar-refractivity contribution in [2.75, 3.05) is 6.54 Å². The monoisotopic (exact) mass is 298 g/mol. The molecule has 120 valence electrons. The average molecular weight is 298 g/mol. The molecule has 0 aromatic heterocycles. The Morgan fingerprint density at radius 2 is 1.90 bits per heavy atom. The van der Waals surface area contributed by atoms with E-state index >= 15 is 0 Å². The van der Waals surface area contributed by atoms with E-state index in [1.54, 1.807) is 0 Å². The van der Waals surface area contributed by atoms with E-state index in [2.05, 4.69) is 10.6 Å². The third kappa shape index (κ3) is 6.60. The largest absolute Gasteiger partial charge is 0.480 e. The summed E-state index contributed by atoms with van der Waals surface area (Å²) in [7, 11) is 0. The maximum atomic E-state index is 11.8. The summed E-state index contributed by atoms with van der Waals surface area (Å²) >= 11 is 0. The molecule has 0 aliphatic heterocycles. The minimum Gasteiger partial charge on any atom is -0.480 e. The number of carbonyl (C=O) groups is 3. The molecular weight excluding hydrogens is 272 g/mol. The Morgan fingerprint density at radius 1 is 1.24 bits per heavy atom. The van der Waals surface area contributed by atoms with E-state index in [1.807, 2.05) is 6.92 Å². The van der Waals surface area contributed by atoms with Crippen LogP contribution < -0.4 is 10.6 Å². The maximum Gasteiger partial charge on any atom is 0.326 e. The van der Waals surface area contributed by atoms with Crippen molar-refractivity contribution in [1.82, 2.24) is 10.6 Å². The van der Waals surface area contributed by atoms with Gasteiger partial charge in [0.05, 0.1) is 0 Å². The Bertz CT molecular complexity index is 365. The van der Waals surface area contributed by atoms with E-state index in [-0.39, 0.29) is 30.7 Å². The summed E-state index contributed by atoms with van der Waals surface area (Å²) in [5, 5.41) is 14.3. The summed E-state index contributed by atoms with van der Waals surface area (Å²) in [5.74, 6) is -1.23. The number of rotatable bonds is 9. The highest BCUT2D eigenvalue weighted by molar-refractivity contribution is 5.84. The van der Waals surface area contributed by atoms with Crippen LogP contribution in [0.15, 0.2) is 0 Å². The molecule has 0 spiro atoms. The van der Waals surface area contributed by atoms with Gasteiger partial charge in [-0.25, -0.2) is 4.79 Å². The molecule has 1 rings (SSSR count). The molecule has 0 bridgehead atoms. The van der Waals surface area contributed by atoms with Crippen LogP contribution in [0.2, 0.25) is 0 Å². The van der Waals surface area contributed by atoms with Gasteiger partial charge >= 0.3 is 5.97 Å². The Hall–Kier alpha value is -1.59. The fourth-order valence-electron chi connectivity index (χ4n) is 2.56. The second-order valence-corrected chi connectivity index (χ2v) is 5.62. The fraction of sp³-hybridized carbons (Fsp3) is 0.800. The molecule has 0 saturated heterocycles. The number of amides is 2. The number of aliphatic carboxylic acids is 1. The van der Waals surface area contributed by atoms with E-state index < -0.39 is 12.0 Å². The summed E-state index contributed by atoms with van der Waals surface area (Å²) in [6, 6.07) is -0.831. The molecule has 3 N–H and O–H groups in total. The lowest BCUT2D eigenvalue weighted by Crippen LogP contribution is -2.42. The van der Waals surface area contributed by atoms with Gasteiger partial charge in [-0.3, -0.25) is 9.59 Å². The summed E-state index contributed by atoms with van der Waals surface area (Å²) in [4.78, 5) is 34.5. The van der Waals surface area contributed by atoms with Crippen LogP contribution in [-0.4, -0.2) is 35.5 Å². The fourth-order valence-corrected chi connectivity index (χ4v) is 2.56. The van der Waals surface area contributed by atoms with Gasteiger partial charge in [0.1, 0.15) is 6.04 Å². The lowest BCUT2D eigenvalue weighted by Gasteiger charge is -2.14. The summed E-state index contributed by atoms with van der Waals surface area (Å²) < 4.78 is 0. The van der Waals surface area contributed by atoms with E-state index in [1.165, 1.54) is 0 Å². The van der Waals surface area contributed by atoms with Gasteiger partial charge in [-0.15, -0.1) is 0 Å². The van der Waals surface area contributed by atoms with E-state index in [9.17, 15) is 14.4 Å². The zero-order chi connectivity index (χ0) is 15.7. The first-order chi connectivity index (χ1) is 10.0. The molecule has 1 saturated carbocycles. The minimum atomic E-state index is -1.01. The number of carboxylic acids is 1. The predicted octanol–water partition coefficient (Wildman–Crippen LogP) is 1.44. The SMILES string of the molecule is CCCC[C@H](NC(=O)CCNC(=O)C1CCCC1)C(=O)O. The average Bonchev–Trinajstić information content (AvgIpc) is 2.97. The molecule has 1 fully saturated rings. The Labute approximate surface area is 125 Å². The highest BCUT2D eigenvalue weighted by atomic mass is 16.4. The van der Waals surface area contributed by atoms with Crippen molar-refractivity contribution in [3.8, 4) is 0 Å². The van der Waals surface area contributed by atoms with Crippen LogP contribution in [0.1, 0.15) is 58.3 Å². The predicted molar refractivity (Wildman–Crippen MR) is 78.7 cm³/mol. The van der Waals surface area contributed by atoms with E-state index in [0.717, 1.165) is 38.5 Å². The van der Waals surface area contributed by atoms with Gasteiger partial charge in [0.25, 0.3) is 0 Å². The van der Waals surface area contributed by atoms with Crippen LogP contribution in [0.5, 0.6) is 0 Å². The summed E-state index contributed by atoms with van der Waals surface area (Å²) in [6.45, 7) is 2.24. The highest BCUT2D eigenvalue weighted by Crippen LogP contribution is 2.24. The molecule has 0 radical (unpaired) electrons. The zero-order valence-electron chi connectivity index (χ0n) is 12.7. The van der Waals surface area contributed by atoms with Crippen LogP contribution >= 0.6 is 0 Å². The molecule has 0 aromatic rings. The van der Waals surface area contributed by atoms with Gasteiger partial charge in [0.15, 0.2) is 0 Å². The summed E-state index contributed by atoms with van der Waals surface area (Å²) in [6.07, 6.45) is 6.24. The lowest BCUT2D eigenvalue weighted by atomic mass is 10.1. The molecule has 6 nitrogen and oxygen atoms in total. The number of hydrogen-bond donors (Lipinski definition) is 3. The van der Waals surface area contributed by atoms with E-state index in [4.69, 9.17) is 5.11 Å². The Morgan fingerprint density at radius 3 is 2.48 bits per heavy atom. The Kier molecular flexibility index (Phi) is 7.79. The van der Waals surface area contributed by atoms with Crippen molar-refractivity contribution in [2.45, 2.75) is 64.3 Å². The van der Waals surface area contributed by atoms with Crippen molar-refractivity contribution in [3.63, 3.8) is 0 Å². The lowest BCUT2D eigenvalue weighted by molar-refractivity contribution is -0.142. The van der Waals surface area contributed by atoms with Crippen LogP contribution in [-0.2, 0) is 14.4 Å². The van der Waals surface area contributed by atoms with Crippen LogP contribution in [0, 0.1) is 5.92 Å². The molecule has 0 heterocycles. The second-order valence-electron chi connectivity index (χ2n) is 5.62. The van der Waals surface area contributed by atoms with Gasteiger partial charge in [-0.05, 0) is 19.3 Å². The van der Waals surface area contributed by atoms with Gasteiger partial charge in [0.2, 0.25) is 11.8 Å². The van der Waals surface area contributed by atoms with E-state index in [0.29, 0.717) is 6.42 Å². The number of carboxylic acid groups (broad SMARTS) is 1. The maximum absolute atomic E-state index is 11.8. The molecule has 0 aromatic carbocycles. The number of nitrogens with one attached hydrogen (secondary N) is 2. The molecular formula is C15H26N2O4. The molecule has 1 aliphatic carbocycles. The summed E-state index contributed by atoms with van der Waals surface area (Å²) in [5.41, 5.74) is 0. The van der Waals surface area contributed by atoms with Gasteiger partial charge < -0.3 is 15.7 Å². The first kappa shape index (κ1) is 17.5. The number of carbonyl (C=O) groups excluding carboxylic acids is 2. The third-order valence-electron chi connectivity index (χ3n) is 3.86. The first-order valence-corrected chi connectivity index (χ1v) is 7.84. The first-order valence-electron chi connectivity index (χ1n) is 7.84. The van der Waals surface area contributed by atoms with Crippen molar-refractivity contribution in [3.05, 3.63) is 0 Å². The molecule has 1 aliphatic rings. The van der Waals surface area contributed by atoms with Gasteiger partial charge in [0, 0.05) is 18.9 Å². The quantitative estimate of drug-likeness (QED) is 0.600. The zero-order valence-corrected chi connectivity index (χ0v) is 12.7. The molecule has 21 heavy (non-hydrogen) atoms. The third-order valence-corrected chi connectivity index (χ3v) is 3.86. The van der Waals surface area contributed by atoms with Crippen LogP contribution in [0.3, 0.4) is 0 Å². The van der Waals surface area contributed by atoms with Crippen molar-refractivity contribution in [2.24, 2.45) is 5.92 Å². The Balaban J connectivity index is 2.22. The standard InChI is InChI=1S/C15H26N2O4/c1-2-3-8-12(15(20)21)17-13(18)9-10-16-14(19)11-6-4-5-7-11/h11-12H,2-10H2,1H3,(H,16,19)(H,17,18)(H,20,21)/t12-/m0/s1. The number of unbranched alkanes of at least 4 members (excludes halogenated alkanes) is 1. The molecule has 1 atom stereocenters. The smallest absolute Gasteiger partial charge is 0.326 e. The minimum absolute atomic E-state index is 0.0149. The highest BCUT2D eigenvalue weighted by Gasteiger charge is 2.23. The molecule has 0 unspecified atom stereocenters.